The van der Waals surface area contributed by atoms with E-state index in [1.165, 1.54) is 12.1 Å². The molecular formula is C14H18BrFN2O. The molecule has 1 aliphatic heterocycles. The summed E-state index contributed by atoms with van der Waals surface area (Å²) in [5, 5.41) is 6.09. The molecule has 5 heteroatoms. The van der Waals surface area contributed by atoms with Gasteiger partial charge in [-0.1, -0.05) is 13.8 Å². The number of benzene rings is 1. The van der Waals surface area contributed by atoms with Crippen LogP contribution >= 0.6 is 15.9 Å². The van der Waals surface area contributed by atoms with E-state index in [0.29, 0.717) is 16.7 Å². The molecule has 1 fully saturated rings. The normalized spacial score (nSPS) is 22.8. The van der Waals surface area contributed by atoms with Gasteiger partial charge < -0.3 is 10.6 Å². The molecule has 104 valence electrons. The van der Waals surface area contributed by atoms with Crippen LogP contribution in [0.1, 0.15) is 20.3 Å². The van der Waals surface area contributed by atoms with E-state index < -0.39 is 5.41 Å². The first-order valence-electron chi connectivity index (χ1n) is 6.43. The first-order chi connectivity index (χ1) is 8.95. The molecule has 2 rings (SSSR count). The zero-order valence-corrected chi connectivity index (χ0v) is 12.7. The highest BCUT2D eigenvalue weighted by Crippen LogP contribution is 2.36. The molecule has 1 atom stereocenters. The summed E-state index contributed by atoms with van der Waals surface area (Å²) in [6, 6.07) is 4.29. The summed E-state index contributed by atoms with van der Waals surface area (Å²) in [5.41, 5.74) is 0.0723. The molecule has 19 heavy (non-hydrogen) atoms. The van der Waals surface area contributed by atoms with Gasteiger partial charge in [-0.15, -0.1) is 0 Å². The lowest BCUT2D eigenvalue weighted by molar-refractivity contribution is -0.126. The highest BCUT2D eigenvalue weighted by atomic mass is 79.9. The molecule has 0 saturated carbocycles. The van der Waals surface area contributed by atoms with Gasteiger partial charge in [-0.25, -0.2) is 4.39 Å². The number of nitrogens with one attached hydrogen (secondary N) is 2. The average Bonchev–Trinajstić information content (AvgIpc) is 2.84. The third kappa shape index (κ3) is 2.82. The van der Waals surface area contributed by atoms with Crippen molar-refractivity contribution in [3.8, 4) is 0 Å². The summed E-state index contributed by atoms with van der Waals surface area (Å²) >= 11 is 3.33. The van der Waals surface area contributed by atoms with E-state index in [0.717, 1.165) is 13.0 Å². The van der Waals surface area contributed by atoms with E-state index >= 15 is 0 Å². The van der Waals surface area contributed by atoms with Crippen molar-refractivity contribution >= 4 is 27.5 Å². The number of carbonyl (C=O) groups excluding carboxylic acids is 1. The Labute approximate surface area is 121 Å². The van der Waals surface area contributed by atoms with Gasteiger partial charge in [0.2, 0.25) is 5.91 Å². The Bertz CT molecular complexity index is 484. The van der Waals surface area contributed by atoms with Crippen molar-refractivity contribution in [3.63, 3.8) is 0 Å². The summed E-state index contributed by atoms with van der Waals surface area (Å²) in [6.45, 7) is 5.61. The molecule has 0 aliphatic carbocycles. The SMILES string of the molecule is CC(C)C1(C(=O)Nc2cc(F)ccc2Br)CCNC1. The molecule has 0 spiro atoms. The zero-order valence-electron chi connectivity index (χ0n) is 11.1. The van der Waals surface area contributed by atoms with Gasteiger partial charge in [-0.3, -0.25) is 4.79 Å². The molecule has 0 bridgehead atoms. The van der Waals surface area contributed by atoms with Gasteiger partial charge in [0.1, 0.15) is 5.82 Å². The minimum absolute atomic E-state index is 0.0428. The molecule has 3 nitrogen and oxygen atoms in total. The third-order valence-corrected chi connectivity index (χ3v) is 4.61. The van der Waals surface area contributed by atoms with Gasteiger partial charge in [0, 0.05) is 11.0 Å². The topological polar surface area (TPSA) is 41.1 Å². The first-order valence-corrected chi connectivity index (χ1v) is 7.22. The Morgan fingerprint density at radius 2 is 2.26 bits per heavy atom. The fraction of sp³-hybridized carbons (Fsp3) is 0.500. The summed E-state index contributed by atoms with van der Waals surface area (Å²) in [5.74, 6) is -0.171. The van der Waals surface area contributed by atoms with Crippen molar-refractivity contribution in [1.82, 2.24) is 5.32 Å². The lowest BCUT2D eigenvalue weighted by Crippen LogP contribution is -2.42. The zero-order chi connectivity index (χ0) is 14.0. The van der Waals surface area contributed by atoms with E-state index in [4.69, 9.17) is 0 Å². The molecule has 1 aromatic carbocycles. The Balaban J connectivity index is 2.22. The van der Waals surface area contributed by atoms with Gasteiger partial charge in [0.15, 0.2) is 0 Å². The minimum atomic E-state index is -0.411. The molecular weight excluding hydrogens is 311 g/mol. The monoisotopic (exact) mass is 328 g/mol. The van der Waals surface area contributed by atoms with Crippen molar-refractivity contribution in [2.75, 3.05) is 18.4 Å². The maximum atomic E-state index is 13.2. The Kier molecular flexibility index (Phi) is 4.26. The van der Waals surface area contributed by atoms with Crippen LogP contribution in [-0.2, 0) is 4.79 Å². The molecule has 1 aromatic rings. The van der Waals surface area contributed by atoms with E-state index in [9.17, 15) is 9.18 Å². The lowest BCUT2D eigenvalue weighted by atomic mass is 9.75. The van der Waals surface area contributed by atoms with Crippen LogP contribution in [0.3, 0.4) is 0 Å². The molecule has 1 unspecified atom stereocenters. The fourth-order valence-electron chi connectivity index (χ4n) is 2.50. The van der Waals surface area contributed by atoms with Crippen LogP contribution in [0, 0.1) is 17.2 Å². The van der Waals surface area contributed by atoms with Crippen LogP contribution in [-0.4, -0.2) is 19.0 Å². The van der Waals surface area contributed by atoms with Crippen LogP contribution in [0.5, 0.6) is 0 Å². The fourth-order valence-corrected chi connectivity index (χ4v) is 2.85. The second-order valence-electron chi connectivity index (χ2n) is 5.32. The summed E-state index contributed by atoms with van der Waals surface area (Å²) < 4.78 is 13.9. The predicted octanol–water partition coefficient (Wildman–Crippen LogP) is 3.16. The molecule has 1 amide bonds. The quantitative estimate of drug-likeness (QED) is 0.894. The Morgan fingerprint density at radius 3 is 2.84 bits per heavy atom. The van der Waals surface area contributed by atoms with Crippen LogP contribution in [0.25, 0.3) is 0 Å². The van der Waals surface area contributed by atoms with Crippen molar-refractivity contribution in [2.24, 2.45) is 11.3 Å². The Hall–Kier alpha value is -0.940. The smallest absolute Gasteiger partial charge is 0.232 e. The van der Waals surface area contributed by atoms with Gasteiger partial charge in [-0.05, 0) is 53.0 Å². The maximum Gasteiger partial charge on any atom is 0.232 e. The van der Waals surface area contributed by atoms with Crippen LogP contribution in [0.2, 0.25) is 0 Å². The third-order valence-electron chi connectivity index (χ3n) is 3.92. The maximum absolute atomic E-state index is 13.2. The van der Waals surface area contributed by atoms with Crippen molar-refractivity contribution in [1.29, 1.82) is 0 Å². The lowest BCUT2D eigenvalue weighted by Gasteiger charge is -2.31. The summed E-state index contributed by atoms with van der Waals surface area (Å²) in [6.07, 6.45) is 0.809. The molecule has 2 N–H and O–H groups in total. The van der Waals surface area contributed by atoms with Crippen LogP contribution in [0.4, 0.5) is 10.1 Å². The number of hydrogen-bond acceptors (Lipinski definition) is 2. The van der Waals surface area contributed by atoms with E-state index in [1.807, 2.05) is 13.8 Å². The molecule has 0 aromatic heterocycles. The average molecular weight is 329 g/mol. The number of carbonyl (C=O) groups is 1. The predicted molar refractivity (Wildman–Crippen MR) is 77.5 cm³/mol. The molecule has 1 saturated heterocycles. The van der Waals surface area contributed by atoms with Gasteiger partial charge in [0.25, 0.3) is 0 Å². The molecule has 1 heterocycles. The second-order valence-corrected chi connectivity index (χ2v) is 6.17. The van der Waals surface area contributed by atoms with E-state index in [2.05, 4.69) is 26.6 Å². The highest BCUT2D eigenvalue weighted by Gasteiger charge is 2.43. The standard InChI is InChI=1S/C14H18BrFN2O/c1-9(2)14(5-6-17-8-14)13(19)18-12-7-10(16)3-4-11(12)15/h3-4,7,9,17H,5-6,8H2,1-2H3,(H,18,19). The van der Waals surface area contributed by atoms with Gasteiger partial charge >= 0.3 is 0 Å². The van der Waals surface area contributed by atoms with Crippen LogP contribution < -0.4 is 10.6 Å². The largest absolute Gasteiger partial charge is 0.324 e. The van der Waals surface area contributed by atoms with Crippen molar-refractivity contribution in [3.05, 3.63) is 28.5 Å². The molecule has 0 radical (unpaired) electrons. The number of hydrogen-bond donors (Lipinski definition) is 2. The van der Waals surface area contributed by atoms with Crippen molar-refractivity contribution < 1.29 is 9.18 Å². The number of anilines is 1. The van der Waals surface area contributed by atoms with E-state index in [-0.39, 0.29) is 17.6 Å². The number of rotatable bonds is 3. The van der Waals surface area contributed by atoms with Crippen molar-refractivity contribution in [2.45, 2.75) is 20.3 Å². The highest BCUT2D eigenvalue weighted by molar-refractivity contribution is 9.10. The first kappa shape index (κ1) is 14.5. The Morgan fingerprint density at radius 1 is 1.53 bits per heavy atom. The van der Waals surface area contributed by atoms with Gasteiger partial charge in [0.05, 0.1) is 11.1 Å². The summed E-state index contributed by atoms with van der Waals surface area (Å²) in [7, 11) is 0. The van der Waals surface area contributed by atoms with E-state index in [1.54, 1.807) is 6.07 Å². The molecule has 1 aliphatic rings. The van der Waals surface area contributed by atoms with Gasteiger partial charge in [-0.2, -0.15) is 0 Å². The number of halogens is 2. The minimum Gasteiger partial charge on any atom is -0.324 e. The van der Waals surface area contributed by atoms with Crippen LogP contribution in [0.15, 0.2) is 22.7 Å². The second kappa shape index (κ2) is 5.59. The number of amides is 1. The summed E-state index contributed by atoms with van der Waals surface area (Å²) in [4.78, 5) is 12.5.